The summed E-state index contributed by atoms with van der Waals surface area (Å²) in [7, 11) is 1.37. The van der Waals surface area contributed by atoms with Crippen LogP contribution in [0, 0.1) is 5.82 Å². The maximum Gasteiger partial charge on any atom is 0.305 e. The van der Waals surface area contributed by atoms with Crippen molar-refractivity contribution >= 4 is 22.4 Å². The smallest absolute Gasteiger partial charge is 0.305 e. The molecule has 2 aromatic rings. The molecular formula is C15H17FN2O2S. The maximum atomic E-state index is 13.4. The molecule has 21 heavy (non-hydrogen) atoms. The Morgan fingerprint density at radius 2 is 2.19 bits per heavy atom. The lowest BCUT2D eigenvalue weighted by molar-refractivity contribution is -0.140. The first-order valence-electron chi connectivity index (χ1n) is 6.67. The zero-order chi connectivity index (χ0) is 15.1. The zero-order valence-corrected chi connectivity index (χ0v) is 12.6. The number of hydrogen-bond donors (Lipinski definition) is 1. The van der Waals surface area contributed by atoms with Crippen molar-refractivity contribution in [3.63, 3.8) is 0 Å². The quantitative estimate of drug-likeness (QED) is 0.799. The molecule has 6 heteroatoms. The number of methoxy groups -OCH3 is 1. The molecule has 0 spiro atoms. The van der Waals surface area contributed by atoms with Crippen LogP contribution in [0.25, 0.3) is 0 Å². The number of aryl methyl sites for hydroxylation is 1. The number of hydrogen-bond acceptors (Lipinski definition) is 5. The van der Waals surface area contributed by atoms with Crippen LogP contribution in [0.1, 0.15) is 17.7 Å². The van der Waals surface area contributed by atoms with Crippen molar-refractivity contribution in [2.24, 2.45) is 0 Å². The minimum absolute atomic E-state index is 0.183. The van der Waals surface area contributed by atoms with E-state index in [0.717, 1.165) is 10.8 Å². The highest BCUT2D eigenvalue weighted by atomic mass is 32.1. The van der Waals surface area contributed by atoms with Crippen molar-refractivity contribution in [1.29, 1.82) is 0 Å². The molecule has 0 saturated heterocycles. The number of benzene rings is 1. The van der Waals surface area contributed by atoms with Crippen molar-refractivity contribution in [3.05, 3.63) is 46.7 Å². The van der Waals surface area contributed by atoms with E-state index in [4.69, 9.17) is 0 Å². The molecule has 0 fully saturated rings. The average molecular weight is 308 g/mol. The Bertz CT molecular complexity index is 601. The summed E-state index contributed by atoms with van der Waals surface area (Å²) in [5, 5.41) is 5.86. The monoisotopic (exact) mass is 308 g/mol. The van der Waals surface area contributed by atoms with Crippen LogP contribution < -0.4 is 5.32 Å². The van der Waals surface area contributed by atoms with Crippen LogP contribution >= 0.6 is 11.3 Å². The number of halogens is 1. The topological polar surface area (TPSA) is 51.2 Å². The van der Waals surface area contributed by atoms with Crippen LogP contribution in [0.15, 0.2) is 29.6 Å². The van der Waals surface area contributed by atoms with E-state index >= 15 is 0 Å². The number of nitrogens with one attached hydrogen (secondary N) is 1. The Morgan fingerprint density at radius 1 is 1.38 bits per heavy atom. The van der Waals surface area contributed by atoms with Crippen LogP contribution in [-0.4, -0.2) is 24.6 Å². The summed E-state index contributed by atoms with van der Waals surface area (Å²) in [6.45, 7) is 0.616. The predicted molar refractivity (Wildman–Crippen MR) is 81.0 cm³/mol. The number of aromatic nitrogens is 1. The Labute approximate surface area is 127 Å². The Hall–Kier alpha value is -1.95. The van der Waals surface area contributed by atoms with Gasteiger partial charge in [0.15, 0.2) is 5.13 Å². The number of ether oxygens (including phenoxy) is 1. The van der Waals surface area contributed by atoms with Gasteiger partial charge >= 0.3 is 5.97 Å². The van der Waals surface area contributed by atoms with Crippen LogP contribution in [0.5, 0.6) is 0 Å². The molecule has 0 amide bonds. The Balaban J connectivity index is 1.78. The fourth-order valence-electron chi connectivity index (χ4n) is 1.84. The second kappa shape index (κ2) is 7.73. The van der Waals surface area contributed by atoms with Crippen LogP contribution in [0.2, 0.25) is 0 Å². The normalized spacial score (nSPS) is 10.4. The van der Waals surface area contributed by atoms with E-state index in [-0.39, 0.29) is 11.8 Å². The molecule has 0 aliphatic heterocycles. The average Bonchev–Trinajstić information content (AvgIpc) is 2.94. The van der Waals surface area contributed by atoms with Gasteiger partial charge in [-0.05, 0) is 18.1 Å². The van der Waals surface area contributed by atoms with Gasteiger partial charge in [-0.15, -0.1) is 11.3 Å². The number of carbonyl (C=O) groups is 1. The SMILES string of the molecule is COC(=O)CCc1csc(NCCc2ccccc2F)n1. The molecule has 0 unspecified atom stereocenters. The highest BCUT2D eigenvalue weighted by Crippen LogP contribution is 2.17. The molecule has 1 aromatic carbocycles. The first-order valence-corrected chi connectivity index (χ1v) is 7.55. The summed E-state index contributed by atoms with van der Waals surface area (Å²) in [5.74, 6) is -0.422. The molecule has 0 radical (unpaired) electrons. The summed E-state index contributed by atoms with van der Waals surface area (Å²) in [5.41, 5.74) is 1.55. The molecule has 4 nitrogen and oxygen atoms in total. The van der Waals surface area contributed by atoms with E-state index in [2.05, 4.69) is 15.0 Å². The first-order chi connectivity index (χ1) is 10.2. The molecule has 0 bridgehead atoms. The van der Waals surface area contributed by atoms with Gasteiger partial charge in [0.2, 0.25) is 0 Å². The lowest BCUT2D eigenvalue weighted by Gasteiger charge is -2.04. The fraction of sp³-hybridized carbons (Fsp3) is 0.333. The largest absolute Gasteiger partial charge is 0.469 e. The predicted octanol–water partition coefficient (Wildman–Crippen LogP) is 3.04. The lowest BCUT2D eigenvalue weighted by atomic mass is 10.1. The number of thiazole rings is 1. The molecule has 0 aliphatic rings. The summed E-state index contributed by atoms with van der Waals surface area (Å²) in [6, 6.07) is 6.75. The van der Waals surface area contributed by atoms with E-state index in [9.17, 15) is 9.18 Å². The molecular weight excluding hydrogens is 291 g/mol. The van der Waals surface area contributed by atoms with Gasteiger partial charge in [0.1, 0.15) is 5.82 Å². The van der Waals surface area contributed by atoms with E-state index in [1.54, 1.807) is 12.1 Å². The van der Waals surface area contributed by atoms with Gasteiger partial charge in [-0.1, -0.05) is 18.2 Å². The molecule has 1 heterocycles. The third-order valence-electron chi connectivity index (χ3n) is 2.99. The van der Waals surface area contributed by atoms with Crippen LogP contribution in [0.3, 0.4) is 0 Å². The summed E-state index contributed by atoms with van der Waals surface area (Å²) in [4.78, 5) is 15.4. The second-order valence-corrected chi connectivity index (χ2v) is 5.35. The standard InChI is InChI=1S/C15H17FN2O2S/c1-20-14(19)7-6-12-10-21-15(18-12)17-9-8-11-4-2-3-5-13(11)16/h2-5,10H,6-9H2,1H3,(H,17,18). The minimum atomic E-state index is -0.239. The number of carbonyl (C=O) groups excluding carboxylic acids is 1. The van der Waals surface area contributed by atoms with Gasteiger partial charge in [0.05, 0.1) is 19.2 Å². The van der Waals surface area contributed by atoms with Crippen molar-refractivity contribution < 1.29 is 13.9 Å². The molecule has 0 aliphatic carbocycles. The van der Waals surface area contributed by atoms with Gasteiger partial charge in [0, 0.05) is 18.3 Å². The highest BCUT2D eigenvalue weighted by Gasteiger charge is 2.06. The fourth-order valence-corrected chi connectivity index (χ4v) is 2.61. The number of esters is 1. The maximum absolute atomic E-state index is 13.4. The van der Waals surface area contributed by atoms with Gasteiger partial charge < -0.3 is 10.1 Å². The van der Waals surface area contributed by atoms with Crippen molar-refractivity contribution in [1.82, 2.24) is 4.98 Å². The zero-order valence-electron chi connectivity index (χ0n) is 11.8. The van der Waals surface area contributed by atoms with Gasteiger partial charge in [-0.2, -0.15) is 0 Å². The third-order valence-corrected chi connectivity index (χ3v) is 3.84. The molecule has 1 N–H and O–H groups in total. The molecule has 2 rings (SSSR count). The van der Waals surface area contributed by atoms with Crippen molar-refractivity contribution in [2.75, 3.05) is 19.0 Å². The molecule has 112 valence electrons. The summed E-state index contributed by atoms with van der Waals surface area (Å²) in [6.07, 6.45) is 1.50. The Morgan fingerprint density at radius 3 is 2.95 bits per heavy atom. The first kappa shape index (κ1) is 15.4. The van der Waals surface area contributed by atoms with Gasteiger partial charge in [0.25, 0.3) is 0 Å². The van der Waals surface area contributed by atoms with Crippen molar-refractivity contribution in [2.45, 2.75) is 19.3 Å². The number of rotatable bonds is 7. The van der Waals surface area contributed by atoms with Crippen LogP contribution in [0.4, 0.5) is 9.52 Å². The number of anilines is 1. The van der Waals surface area contributed by atoms with E-state index < -0.39 is 0 Å². The molecule has 1 aromatic heterocycles. The van der Waals surface area contributed by atoms with Gasteiger partial charge in [-0.25, -0.2) is 9.37 Å². The van der Waals surface area contributed by atoms with E-state index in [1.165, 1.54) is 24.5 Å². The van der Waals surface area contributed by atoms with Crippen LogP contribution in [-0.2, 0) is 22.4 Å². The van der Waals surface area contributed by atoms with E-state index in [1.807, 2.05) is 11.4 Å². The number of nitrogens with zero attached hydrogens (tertiary/aromatic N) is 1. The summed E-state index contributed by atoms with van der Waals surface area (Å²) < 4.78 is 18.0. The Kier molecular flexibility index (Phi) is 5.68. The lowest BCUT2D eigenvalue weighted by Crippen LogP contribution is -2.06. The molecule has 0 atom stereocenters. The van der Waals surface area contributed by atoms with Crippen molar-refractivity contribution in [3.8, 4) is 0 Å². The third kappa shape index (κ3) is 4.82. The highest BCUT2D eigenvalue weighted by molar-refractivity contribution is 7.13. The minimum Gasteiger partial charge on any atom is -0.469 e. The molecule has 0 saturated carbocycles. The van der Waals surface area contributed by atoms with E-state index in [0.29, 0.717) is 31.4 Å². The summed E-state index contributed by atoms with van der Waals surface area (Å²) >= 11 is 1.48. The van der Waals surface area contributed by atoms with Gasteiger partial charge in [-0.3, -0.25) is 4.79 Å². The second-order valence-electron chi connectivity index (χ2n) is 4.49.